The lowest BCUT2D eigenvalue weighted by Crippen LogP contribution is -2.58. The zero-order chi connectivity index (χ0) is 13.2. The topological polar surface area (TPSA) is 49.9 Å². The summed E-state index contributed by atoms with van der Waals surface area (Å²) in [6.45, 7) is 5.05. The Balaban J connectivity index is 2.09. The van der Waals surface area contributed by atoms with Crippen LogP contribution in [0.1, 0.15) is 26.2 Å². The van der Waals surface area contributed by atoms with Crippen molar-refractivity contribution < 1.29 is 13.2 Å². The van der Waals surface area contributed by atoms with Crippen molar-refractivity contribution in [3.05, 3.63) is 0 Å². The van der Waals surface area contributed by atoms with Crippen LogP contribution in [0.15, 0.2) is 0 Å². The first-order chi connectivity index (χ1) is 8.58. The van der Waals surface area contributed by atoms with E-state index in [2.05, 4.69) is 11.8 Å². The fourth-order valence-corrected chi connectivity index (χ4v) is 4.72. The van der Waals surface area contributed by atoms with Crippen LogP contribution in [0, 0.1) is 0 Å². The molecule has 0 N–H and O–H groups in total. The maximum Gasteiger partial charge on any atom is 0.216 e. The van der Waals surface area contributed by atoms with Crippen LogP contribution in [0.4, 0.5) is 0 Å². The van der Waals surface area contributed by atoms with Gasteiger partial charge in [-0.15, -0.1) is 0 Å². The number of fused-ring (bicyclic) bond motifs is 1. The van der Waals surface area contributed by atoms with Crippen LogP contribution in [-0.4, -0.2) is 68.8 Å². The summed E-state index contributed by atoms with van der Waals surface area (Å²) in [6.07, 6.45) is 3.22. The Morgan fingerprint density at radius 3 is 2.78 bits per heavy atom. The number of ether oxygens (including phenoxy) is 1. The molecule has 2 aliphatic heterocycles. The third kappa shape index (κ3) is 2.87. The van der Waals surface area contributed by atoms with Gasteiger partial charge in [0.25, 0.3) is 0 Å². The average Bonchev–Trinajstić information content (AvgIpc) is 2.82. The van der Waals surface area contributed by atoms with Gasteiger partial charge in [-0.2, -0.15) is 4.31 Å². The fraction of sp³-hybridized carbons (Fsp3) is 1.00. The highest BCUT2D eigenvalue weighted by Gasteiger charge is 2.40. The quantitative estimate of drug-likeness (QED) is 0.734. The van der Waals surface area contributed by atoms with E-state index in [4.69, 9.17) is 4.74 Å². The monoisotopic (exact) mass is 276 g/mol. The molecular weight excluding hydrogens is 252 g/mol. The van der Waals surface area contributed by atoms with Gasteiger partial charge in [-0.05, 0) is 25.8 Å². The second-order valence-electron chi connectivity index (χ2n) is 5.23. The molecule has 2 fully saturated rings. The predicted octanol–water partition coefficient (Wildman–Crippen LogP) is 0.521. The summed E-state index contributed by atoms with van der Waals surface area (Å²) in [5.74, 6) is 0.104. The zero-order valence-corrected chi connectivity index (χ0v) is 12.2. The molecule has 18 heavy (non-hydrogen) atoms. The molecule has 2 heterocycles. The Kier molecular flexibility index (Phi) is 4.64. The molecule has 0 radical (unpaired) electrons. The van der Waals surface area contributed by atoms with Gasteiger partial charge in [0.05, 0.1) is 12.4 Å². The SMILES string of the molecule is CC[C@H]1CN2CCC[C@H]2CN1S(=O)(=O)CCOC. The number of piperazine rings is 1. The Hall–Kier alpha value is -0.170. The molecule has 0 spiro atoms. The number of methoxy groups -OCH3 is 1. The van der Waals surface area contributed by atoms with Crippen LogP contribution in [0.25, 0.3) is 0 Å². The number of sulfonamides is 1. The van der Waals surface area contributed by atoms with E-state index in [0.717, 1.165) is 25.9 Å². The molecule has 6 heteroatoms. The fourth-order valence-electron chi connectivity index (χ4n) is 3.04. The highest BCUT2D eigenvalue weighted by molar-refractivity contribution is 7.89. The molecular formula is C12H24N2O3S. The minimum atomic E-state index is -3.16. The maximum atomic E-state index is 12.3. The molecule has 2 saturated heterocycles. The zero-order valence-electron chi connectivity index (χ0n) is 11.3. The van der Waals surface area contributed by atoms with Crippen molar-refractivity contribution in [3.63, 3.8) is 0 Å². The predicted molar refractivity (Wildman–Crippen MR) is 71.0 cm³/mol. The summed E-state index contributed by atoms with van der Waals surface area (Å²) in [6, 6.07) is 0.575. The molecule has 0 unspecified atom stereocenters. The van der Waals surface area contributed by atoms with Crippen molar-refractivity contribution in [3.8, 4) is 0 Å². The van der Waals surface area contributed by atoms with E-state index in [1.165, 1.54) is 6.42 Å². The van der Waals surface area contributed by atoms with Gasteiger partial charge in [0.1, 0.15) is 0 Å². The van der Waals surface area contributed by atoms with Gasteiger partial charge in [-0.3, -0.25) is 4.90 Å². The van der Waals surface area contributed by atoms with Crippen molar-refractivity contribution >= 4 is 10.0 Å². The summed E-state index contributed by atoms with van der Waals surface area (Å²) >= 11 is 0. The normalized spacial score (nSPS) is 30.6. The lowest BCUT2D eigenvalue weighted by molar-refractivity contribution is 0.106. The third-order valence-corrected chi connectivity index (χ3v) is 5.96. The number of rotatable bonds is 5. The smallest absolute Gasteiger partial charge is 0.216 e. The molecule has 2 rings (SSSR count). The molecule has 0 aliphatic carbocycles. The van der Waals surface area contributed by atoms with Gasteiger partial charge in [-0.25, -0.2) is 8.42 Å². The maximum absolute atomic E-state index is 12.3. The van der Waals surface area contributed by atoms with Crippen LogP contribution >= 0.6 is 0 Å². The standard InChI is InChI=1S/C12H24N2O3S/c1-3-11-9-13-6-4-5-12(13)10-14(11)18(15,16)8-7-17-2/h11-12H,3-10H2,1-2H3/t11-,12-/m0/s1. The van der Waals surface area contributed by atoms with Gasteiger partial charge in [0.15, 0.2) is 0 Å². The summed E-state index contributed by atoms with van der Waals surface area (Å²) in [5.41, 5.74) is 0. The lowest BCUT2D eigenvalue weighted by Gasteiger charge is -2.42. The molecule has 2 atom stereocenters. The van der Waals surface area contributed by atoms with Gasteiger partial charge >= 0.3 is 0 Å². The summed E-state index contributed by atoms with van der Waals surface area (Å²) in [7, 11) is -1.62. The van der Waals surface area contributed by atoms with E-state index >= 15 is 0 Å². The van der Waals surface area contributed by atoms with Crippen molar-refractivity contribution in [2.24, 2.45) is 0 Å². The van der Waals surface area contributed by atoms with Crippen LogP contribution in [0.2, 0.25) is 0 Å². The summed E-state index contributed by atoms with van der Waals surface area (Å²) in [4.78, 5) is 2.45. The molecule has 106 valence electrons. The van der Waals surface area contributed by atoms with Crippen LogP contribution in [0.5, 0.6) is 0 Å². The second-order valence-corrected chi connectivity index (χ2v) is 7.27. The third-order valence-electron chi connectivity index (χ3n) is 4.12. The minimum Gasteiger partial charge on any atom is -0.384 e. The van der Waals surface area contributed by atoms with E-state index < -0.39 is 10.0 Å². The Morgan fingerprint density at radius 2 is 2.11 bits per heavy atom. The molecule has 2 aliphatic rings. The number of hydrogen-bond donors (Lipinski definition) is 0. The van der Waals surface area contributed by atoms with Gasteiger partial charge in [0.2, 0.25) is 10.0 Å². The first-order valence-corrected chi connectivity index (χ1v) is 8.42. The van der Waals surface area contributed by atoms with Gasteiger partial charge < -0.3 is 4.74 Å². The average molecular weight is 276 g/mol. The summed E-state index contributed by atoms with van der Waals surface area (Å²) in [5, 5.41) is 0. The summed E-state index contributed by atoms with van der Waals surface area (Å²) < 4.78 is 31.3. The largest absolute Gasteiger partial charge is 0.384 e. The van der Waals surface area contributed by atoms with Crippen LogP contribution < -0.4 is 0 Å². The Labute approximate surface area is 110 Å². The lowest BCUT2D eigenvalue weighted by atomic mass is 10.1. The Bertz CT molecular complexity index is 372. The van der Waals surface area contributed by atoms with Gasteiger partial charge in [0, 0.05) is 32.3 Å². The molecule has 5 nitrogen and oxygen atoms in total. The van der Waals surface area contributed by atoms with E-state index in [0.29, 0.717) is 12.6 Å². The van der Waals surface area contributed by atoms with E-state index in [-0.39, 0.29) is 18.4 Å². The number of nitrogens with zero attached hydrogens (tertiary/aromatic N) is 2. The highest BCUT2D eigenvalue weighted by Crippen LogP contribution is 2.27. The van der Waals surface area contributed by atoms with Crippen LogP contribution in [0.3, 0.4) is 0 Å². The van der Waals surface area contributed by atoms with E-state index in [1.54, 1.807) is 11.4 Å². The van der Waals surface area contributed by atoms with Gasteiger partial charge in [-0.1, -0.05) is 6.92 Å². The van der Waals surface area contributed by atoms with E-state index in [1.807, 2.05) is 0 Å². The molecule has 0 aromatic heterocycles. The minimum absolute atomic E-state index is 0.104. The molecule has 0 bridgehead atoms. The Morgan fingerprint density at radius 1 is 1.33 bits per heavy atom. The van der Waals surface area contributed by atoms with Crippen molar-refractivity contribution in [1.29, 1.82) is 0 Å². The first kappa shape index (κ1) is 14.2. The molecule has 0 aromatic carbocycles. The van der Waals surface area contributed by atoms with E-state index in [9.17, 15) is 8.42 Å². The molecule has 0 amide bonds. The second kappa shape index (κ2) is 5.86. The molecule has 0 aromatic rings. The van der Waals surface area contributed by atoms with Crippen molar-refractivity contribution in [2.45, 2.75) is 38.3 Å². The van der Waals surface area contributed by atoms with Crippen LogP contribution in [-0.2, 0) is 14.8 Å². The first-order valence-electron chi connectivity index (χ1n) is 6.81. The highest BCUT2D eigenvalue weighted by atomic mass is 32.2. The van der Waals surface area contributed by atoms with Crippen molar-refractivity contribution in [1.82, 2.24) is 9.21 Å². The van der Waals surface area contributed by atoms with Crippen molar-refractivity contribution in [2.75, 3.05) is 39.1 Å². The molecule has 0 saturated carbocycles. The number of hydrogen-bond acceptors (Lipinski definition) is 4.